The Balaban J connectivity index is 1.13. The Morgan fingerprint density at radius 3 is 2.86 bits per heavy atom. The molecule has 1 saturated heterocycles. The van der Waals surface area contributed by atoms with Crippen LogP contribution < -0.4 is 20.3 Å². The molecule has 6 rings (SSSR count). The van der Waals surface area contributed by atoms with E-state index in [1.807, 2.05) is 11.8 Å². The van der Waals surface area contributed by atoms with Gasteiger partial charge in [-0.25, -0.2) is 9.37 Å². The minimum Gasteiger partial charge on any atom is -0.492 e. The molecule has 2 aliphatic heterocycles. The summed E-state index contributed by atoms with van der Waals surface area (Å²) in [6.45, 7) is 3.11. The van der Waals surface area contributed by atoms with Crippen LogP contribution in [0, 0.1) is 11.8 Å². The highest BCUT2D eigenvalue weighted by Crippen LogP contribution is 2.34. The summed E-state index contributed by atoms with van der Waals surface area (Å²) in [4.78, 5) is 32.8. The number of aromatic nitrogens is 2. The van der Waals surface area contributed by atoms with Crippen molar-refractivity contribution in [2.24, 2.45) is 0 Å². The van der Waals surface area contributed by atoms with Crippen LogP contribution >= 0.6 is 0 Å². The lowest BCUT2D eigenvalue weighted by molar-refractivity contribution is -0.0437. The van der Waals surface area contributed by atoms with Crippen LogP contribution in [0.2, 0.25) is 0 Å². The summed E-state index contributed by atoms with van der Waals surface area (Å²) >= 11 is 0. The summed E-state index contributed by atoms with van der Waals surface area (Å²) < 4.78 is 41.1. The van der Waals surface area contributed by atoms with Crippen molar-refractivity contribution in [2.45, 2.75) is 50.9 Å². The van der Waals surface area contributed by atoms with Gasteiger partial charge in [-0.2, -0.15) is 4.39 Å². The fourth-order valence-corrected chi connectivity index (χ4v) is 4.65. The van der Waals surface area contributed by atoms with Gasteiger partial charge in [-0.15, -0.1) is 0 Å². The first kappa shape index (κ1) is 22.0. The number of amides is 1. The van der Waals surface area contributed by atoms with Gasteiger partial charge in [0.05, 0.1) is 17.7 Å². The Bertz CT molecular complexity index is 1400. The van der Waals surface area contributed by atoms with Gasteiger partial charge in [0.15, 0.2) is 11.6 Å². The van der Waals surface area contributed by atoms with Crippen LogP contribution in [0.1, 0.15) is 41.4 Å². The zero-order chi connectivity index (χ0) is 24.3. The van der Waals surface area contributed by atoms with Gasteiger partial charge in [-0.05, 0) is 38.0 Å². The van der Waals surface area contributed by atoms with Gasteiger partial charge < -0.3 is 19.8 Å². The van der Waals surface area contributed by atoms with Crippen LogP contribution in [0.4, 0.5) is 8.78 Å². The summed E-state index contributed by atoms with van der Waals surface area (Å²) in [5.74, 6) is -1.26. The number of likely N-dealkylation sites (tertiary alicyclic amines) is 1. The first-order chi connectivity index (χ1) is 16.9. The molecule has 3 aliphatic rings. The van der Waals surface area contributed by atoms with Crippen molar-refractivity contribution in [3.63, 3.8) is 0 Å². The van der Waals surface area contributed by atoms with E-state index in [9.17, 15) is 14.0 Å². The van der Waals surface area contributed by atoms with Crippen LogP contribution in [0.3, 0.4) is 0 Å². The maximum Gasteiger partial charge on any atom is 0.270 e. The summed E-state index contributed by atoms with van der Waals surface area (Å²) in [6, 6.07) is 6.39. The molecule has 182 valence electrons. The average Bonchev–Trinajstić information content (AvgIpc) is 3.51. The van der Waals surface area contributed by atoms with Crippen molar-refractivity contribution in [1.29, 1.82) is 0 Å². The molecule has 0 spiro atoms. The first-order valence-corrected chi connectivity index (χ1v) is 11.8. The SMILES string of the molecule is C[C@@H]1[C@@H](Oc2ccc(C(=O)NC3CC3)nc2F)CN1Cc1ccc2c3c(c(=O)[nH]c2c1F)CCO3. The second kappa shape index (κ2) is 8.30. The van der Waals surface area contributed by atoms with Gasteiger partial charge in [0.2, 0.25) is 0 Å². The van der Waals surface area contributed by atoms with E-state index in [-0.39, 0.29) is 40.7 Å². The Morgan fingerprint density at radius 1 is 1.29 bits per heavy atom. The molecule has 0 unspecified atom stereocenters. The highest BCUT2D eigenvalue weighted by atomic mass is 19.1. The van der Waals surface area contributed by atoms with Crippen LogP contribution in [0.5, 0.6) is 11.5 Å². The molecule has 0 bridgehead atoms. The Kier molecular flexibility index (Phi) is 5.21. The van der Waals surface area contributed by atoms with E-state index in [1.165, 1.54) is 12.1 Å². The number of nitrogens with zero attached hydrogens (tertiary/aromatic N) is 2. The summed E-state index contributed by atoms with van der Waals surface area (Å²) in [5.41, 5.74) is 0.840. The number of aromatic amines is 1. The molecule has 0 radical (unpaired) electrons. The third kappa shape index (κ3) is 3.91. The molecule has 1 aliphatic carbocycles. The van der Waals surface area contributed by atoms with Crippen LogP contribution in [0.25, 0.3) is 10.9 Å². The fourth-order valence-electron chi connectivity index (χ4n) is 4.65. The first-order valence-electron chi connectivity index (χ1n) is 11.8. The second-order valence-electron chi connectivity index (χ2n) is 9.38. The molecule has 10 heteroatoms. The summed E-state index contributed by atoms with van der Waals surface area (Å²) in [5, 5.41) is 3.34. The number of halogens is 2. The highest BCUT2D eigenvalue weighted by Gasteiger charge is 2.38. The van der Waals surface area contributed by atoms with Gasteiger partial charge in [0, 0.05) is 42.5 Å². The lowest BCUT2D eigenvalue weighted by Gasteiger charge is -2.45. The molecule has 4 heterocycles. The summed E-state index contributed by atoms with van der Waals surface area (Å²) in [7, 11) is 0. The summed E-state index contributed by atoms with van der Waals surface area (Å²) in [6.07, 6.45) is 2.08. The number of hydrogen-bond acceptors (Lipinski definition) is 6. The second-order valence-corrected chi connectivity index (χ2v) is 9.38. The molecule has 2 aromatic heterocycles. The molecule has 1 saturated carbocycles. The molecule has 2 fully saturated rings. The van der Waals surface area contributed by atoms with E-state index in [0.717, 1.165) is 12.8 Å². The third-order valence-electron chi connectivity index (χ3n) is 6.99. The van der Waals surface area contributed by atoms with E-state index in [1.54, 1.807) is 12.1 Å². The molecule has 3 aromatic rings. The number of carbonyl (C=O) groups excluding carboxylic acids is 1. The molecule has 2 atom stereocenters. The predicted octanol–water partition coefficient (Wildman–Crippen LogP) is 2.68. The maximum absolute atomic E-state index is 15.3. The minimum absolute atomic E-state index is 0.0194. The van der Waals surface area contributed by atoms with E-state index in [0.29, 0.717) is 48.4 Å². The van der Waals surface area contributed by atoms with Gasteiger partial charge in [0.25, 0.3) is 17.4 Å². The Morgan fingerprint density at radius 2 is 2.11 bits per heavy atom. The van der Waals surface area contributed by atoms with Crippen molar-refractivity contribution >= 4 is 16.8 Å². The van der Waals surface area contributed by atoms with Crippen molar-refractivity contribution in [3.8, 4) is 11.5 Å². The molecular weight excluding hydrogens is 458 g/mol. The number of fused-ring (bicyclic) bond motifs is 3. The van der Waals surface area contributed by atoms with Crippen LogP contribution in [0.15, 0.2) is 29.1 Å². The number of H-pyrrole nitrogens is 1. The molecule has 35 heavy (non-hydrogen) atoms. The lowest BCUT2D eigenvalue weighted by atomic mass is 9.98. The fraction of sp³-hybridized carbons (Fsp3) is 0.400. The van der Waals surface area contributed by atoms with E-state index in [4.69, 9.17) is 9.47 Å². The lowest BCUT2D eigenvalue weighted by Crippen LogP contribution is -2.60. The number of rotatable bonds is 6. The van der Waals surface area contributed by atoms with E-state index < -0.39 is 17.7 Å². The predicted molar refractivity (Wildman–Crippen MR) is 123 cm³/mol. The zero-order valence-electron chi connectivity index (χ0n) is 19.1. The number of pyridine rings is 2. The standard InChI is InChI=1S/C25H24F2N4O4/c1-12-19(35-18-7-6-17(29-23(18)27)25(33)28-14-3-4-14)11-31(12)10-13-2-5-15-21(20(13)26)30-24(32)16-8-9-34-22(15)16/h2,5-7,12,14,19H,3-4,8-11H2,1H3,(H,28,33)(H,30,32)/t12-,19+/m1/s1. The normalized spacial score (nSPS) is 21.3. The Hall–Kier alpha value is -3.53. The van der Waals surface area contributed by atoms with Crippen molar-refractivity contribution in [3.05, 3.63) is 63.2 Å². The number of carbonyl (C=O) groups is 1. The molecule has 1 aromatic carbocycles. The minimum atomic E-state index is -0.835. The molecule has 1 amide bonds. The number of ether oxygens (including phenoxy) is 2. The largest absolute Gasteiger partial charge is 0.492 e. The topological polar surface area (TPSA) is 96.5 Å². The monoisotopic (exact) mass is 482 g/mol. The van der Waals surface area contributed by atoms with Gasteiger partial charge in [-0.3, -0.25) is 14.5 Å². The van der Waals surface area contributed by atoms with Gasteiger partial charge >= 0.3 is 0 Å². The van der Waals surface area contributed by atoms with E-state index >= 15 is 4.39 Å². The molecular formula is C25H24F2N4O4. The molecule has 2 N–H and O–H groups in total. The molecule has 8 nitrogen and oxygen atoms in total. The quantitative estimate of drug-likeness (QED) is 0.525. The number of hydrogen-bond donors (Lipinski definition) is 2. The average molecular weight is 482 g/mol. The van der Waals surface area contributed by atoms with Gasteiger partial charge in [0.1, 0.15) is 17.5 Å². The van der Waals surface area contributed by atoms with Gasteiger partial charge in [-0.1, -0.05) is 6.07 Å². The van der Waals surface area contributed by atoms with E-state index in [2.05, 4.69) is 15.3 Å². The smallest absolute Gasteiger partial charge is 0.270 e. The van der Waals surface area contributed by atoms with Crippen molar-refractivity contribution < 1.29 is 23.0 Å². The Labute approximate surface area is 199 Å². The highest BCUT2D eigenvalue weighted by molar-refractivity contribution is 5.92. The van der Waals surface area contributed by atoms with Crippen molar-refractivity contribution in [1.82, 2.24) is 20.2 Å². The number of benzene rings is 1. The van der Waals surface area contributed by atoms with Crippen molar-refractivity contribution in [2.75, 3.05) is 13.2 Å². The van der Waals surface area contributed by atoms with Crippen LogP contribution in [-0.2, 0) is 13.0 Å². The zero-order valence-corrected chi connectivity index (χ0v) is 19.1. The number of nitrogens with one attached hydrogen (secondary N) is 2. The maximum atomic E-state index is 15.3. The third-order valence-corrected chi connectivity index (χ3v) is 6.99. The van der Waals surface area contributed by atoms with Crippen LogP contribution in [-0.4, -0.2) is 52.1 Å².